The first kappa shape index (κ1) is 21.8. The fourth-order valence-corrected chi connectivity index (χ4v) is 4.38. The summed E-state index contributed by atoms with van der Waals surface area (Å²) in [6.45, 7) is 2.47. The van der Waals surface area contributed by atoms with Crippen molar-refractivity contribution in [1.29, 1.82) is 0 Å². The van der Waals surface area contributed by atoms with Gasteiger partial charge in [-0.25, -0.2) is 4.79 Å². The van der Waals surface area contributed by atoms with Crippen molar-refractivity contribution < 1.29 is 14.0 Å². The Hall–Kier alpha value is -4.68. The minimum atomic E-state index is -0.385. The molecular weight excluding hydrogens is 464 g/mol. The monoisotopic (exact) mass is 488 g/mol. The Morgan fingerprint density at radius 1 is 0.944 bits per heavy atom. The maximum atomic E-state index is 13.3. The van der Waals surface area contributed by atoms with Crippen molar-refractivity contribution in [2.45, 2.75) is 12.5 Å². The summed E-state index contributed by atoms with van der Waals surface area (Å²) in [6, 6.07) is 12.2. The fraction of sp³-hybridized carbons (Fsp3) is 0.304. The zero-order chi connectivity index (χ0) is 24.6. The quantitative estimate of drug-likeness (QED) is 0.433. The summed E-state index contributed by atoms with van der Waals surface area (Å²) in [5.74, 6) is 1.57. The number of para-hydroxylation sites is 1. The molecule has 2 aliphatic rings. The molecule has 13 nitrogen and oxygen atoms in total. The molecule has 5 heterocycles. The first-order valence-corrected chi connectivity index (χ1v) is 11.7. The Morgan fingerprint density at radius 2 is 1.72 bits per heavy atom. The third-order valence-corrected chi connectivity index (χ3v) is 6.43. The van der Waals surface area contributed by atoms with Gasteiger partial charge >= 0.3 is 6.03 Å². The molecule has 3 N–H and O–H groups in total. The van der Waals surface area contributed by atoms with E-state index in [9.17, 15) is 9.59 Å². The molecule has 2 fully saturated rings. The summed E-state index contributed by atoms with van der Waals surface area (Å²) in [5, 5.41) is 7.19. The van der Waals surface area contributed by atoms with Crippen LogP contribution in [0.25, 0.3) is 17.4 Å². The number of carbonyl (C=O) groups is 2. The number of anilines is 3. The number of rotatable bonds is 4. The van der Waals surface area contributed by atoms with Crippen LogP contribution in [0, 0.1) is 0 Å². The zero-order valence-electron chi connectivity index (χ0n) is 19.3. The van der Waals surface area contributed by atoms with E-state index < -0.39 is 0 Å². The van der Waals surface area contributed by atoms with Crippen LogP contribution in [-0.2, 0) is 4.79 Å². The molecule has 0 aliphatic carbocycles. The molecule has 3 aromatic heterocycles. The van der Waals surface area contributed by atoms with Gasteiger partial charge in [-0.3, -0.25) is 4.79 Å². The van der Waals surface area contributed by atoms with Crippen LogP contribution in [0.4, 0.5) is 22.4 Å². The number of hydrogen-bond acceptors (Lipinski definition) is 9. The Kier molecular flexibility index (Phi) is 5.36. The molecule has 13 heteroatoms. The van der Waals surface area contributed by atoms with Crippen molar-refractivity contribution in [2.75, 3.05) is 48.7 Å². The van der Waals surface area contributed by atoms with Crippen LogP contribution in [0.2, 0.25) is 0 Å². The number of furan rings is 1. The molecule has 6 rings (SSSR count). The second-order valence-corrected chi connectivity index (χ2v) is 8.61. The van der Waals surface area contributed by atoms with Crippen molar-refractivity contribution in [3.05, 3.63) is 48.7 Å². The number of hydrogen-bond donors (Lipinski definition) is 2. The number of benzene rings is 1. The zero-order valence-corrected chi connectivity index (χ0v) is 19.3. The van der Waals surface area contributed by atoms with Crippen LogP contribution in [-0.4, -0.2) is 85.1 Å². The lowest BCUT2D eigenvalue weighted by Crippen LogP contribution is -2.61. The van der Waals surface area contributed by atoms with E-state index in [1.165, 1.54) is 10.8 Å². The molecule has 0 bridgehead atoms. The van der Waals surface area contributed by atoms with Gasteiger partial charge in [-0.15, -0.1) is 5.10 Å². The SMILES string of the molecule is Nc1nc(N2CC[C@H]2C(=O)N2CCN(C(=O)Nc3ccccc3)CC2)nc2nc(-c3ccco3)nn12. The Balaban J connectivity index is 1.11. The number of nitrogens with one attached hydrogen (secondary N) is 1. The lowest BCUT2D eigenvalue weighted by atomic mass is 10.0. The van der Waals surface area contributed by atoms with Gasteiger partial charge in [0, 0.05) is 38.4 Å². The number of amides is 3. The summed E-state index contributed by atoms with van der Waals surface area (Å²) >= 11 is 0. The first-order valence-electron chi connectivity index (χ1n) is 11.7. The Morgan fingerprint density at radius 3 is 2.42 bits per heavy atom. The average molecular weight is 489 g/mol. The van der Waals surface area contributed by atoms with E-state index in [4.69, 9.17) is 10.2 Å². The second-order valence-electron chi connectivity index (χ2n) is 8.61. The molecule has 1 atom stereocenters. The Labute approximate surface area is 205 Å². The van der Waals surface area contributed by atoms with Gasteiger partial charge < -0.3 is 30.2 Å². The number of fused-ring (bicyclic) bond motifs is 1. The van der Waals surface area contributed by atoms with Crippen LogP contribution >= 0.6 is 0 Å². The summed E-state index contributed by atoms with van der Waals surface area (Å²) in [5.41, 5.74) is 6.86. The van der Waals surface area contributed by atoms with Gasteiger partial charge in [0.2, 0.25) is 23.6 Å². The second kappa shape index (κ2) is 8.83. The number of nitrogens with zero attached hydrogens (tertiary/aromatic N) is 8. The number of aromatic nitrogens is 5. The topological polar surface area (TPSA) is 151 Å². The van der Waals surface area contributed by atoms with Crippen molar-refractivity contribution >= 4 is 35.3 Å². The van der Waals surface area contributed by atoms with Gasteiger partial charge in [0.15, 0.2) is 5.76 Å². The van der Waals surface area contributed by atoms with Crippen molar-refractivity contribution in [3.8, 4) is 11.6 Å². The van der Waals surface area contributed by atoms with E-state index in [0.717, 1.165) is 5.69 Å². The predicted octanol–water partition coefficient (Wildman–Crippen LogP) is 1.32. The van der Waals surface area contributed by atoms with Gasteiger partial charge in [-0.05, 0) is 30.7 Å². The highest BCUT2D eigenvalue weighted by molar-refractivity contribution is 5.90. The fourth-order valence-electron chi connectivity index (χ4n) is 4.38. The Bertz CT molecular complexity index is 1400. The molecule has 0 spiro atoms. The molecule has 1 aromatic carbocycles. The van der Waals surface area contributed by atoms with Crippen LogP contribution in [0.15, 0.2) is 53.1 Å². The van der Waals surface area contributed by atoms with Crippen LogP contribution < -0.4 is 16.0 Å². The summed E-state index contributed by atoms with van der Waals surface area (Å²) < 4.78 is 6.70. The average Bonchev–Trinajstić information content (AvgIpc) is 3.54. The number of carbonyl (C=O) groups excluding carboxylic acids is 2. The number of piperazine rings is 1. The van der Waals surface area contributed by atoms with Crippen molar-refractivity contribution in [2.24, 2.45) is 0 Å². The first-order chi connectivity index (χ1) is 17.6. The minimum absolute atomic E-state index is 0.0100. The van der Waals surface area contributed by atoms with Gasteiger partial charge in [0.05, 0.1) is 6.26 Å². The molecule has 4 aromatic rings. The summed E-state index contributed by atoms with van der Waals surface area (Å²) in [4.78, 5) is 44.4. The lowest BCUT2D eigenvalue weighted by molar-refractivity contribution is -0.135. The summed E-state index contributed by atoms with van der Waals surface area (Å²) in [6.07, 6.45) is 2.22. The maximum absolute atomic E-state index is 13.3. The lowest BCUT2D eigenvalue weighted by Gasteiger charge is -2.44. The van der Waals surface area contributed by atoms with Gasteiger partial charge in [0.25, 0.3) is 5.78 Å². The molecule has 2 aliphatic heterocycles. The van der Waals surface area contributed by atoms with Gasteiger partial charge in [-0.2, -0.15) is 19.5 Å². The van der Waals surface area contributed by atoms with E-state index in [1.807, 2.05) is 35.2 Å². The summed E-state index contributed by atoms with van der Waals surface area (Å²) in [7, 11) is 0. The number of urea groups is 1. The van der Waals surface area contributed by atoms with Crippen LogP contribution in [0.5, 0.6) is 0 Å². The molecule has 2 saturated heterocycles. The molecule has 0 unspecified atom stereocenters. The smallest absolute Gasteiger partial charge is 0.321 e. The van der Waals surface area contributed by atoms with E-state index in [0.29, 0.717) is 56.7 Å². The number of nitrogens with two attached hydrogens (primary N) is 1. The number of nitrogen functional groups attached to an aromatic ring is 1. The molecule has 0 saturated carbocycles. The normalized spacial score (nSPS) is 17.8. The van der Waals surface area contributed by atoms with E-state index in [-0.39, 0.29) is 29.7 Å². The van der Waals surface area contributed by atoms with Gasteiger partial charge in [-0.1, -0.05) is 18.2 Å². The predicted molar refractivity (Wildman–Crippen MR) is 130 cm³/mol. The molecule has 0 radical (unpaired) electrons. The molecular formula is C23H24N10O3. The largest absolute Gasteiger partial charge is 0.461 e. The van der Waals surface area contributed by atoms with Crippen LogP contribution in [0.1, 0.15) is 6.42 Å². The van der Waals surface area contributed by atoms with Crippen LogP contribution in [0.3, 0.4) is 0 Å². The minimum Gasteiger partial charge on any atom is -0.461 e. The third kappa shape index (κ3) is 3.93. The highest BCUT2D eigenvalue weighted by Gasteiger charge is 2.40. The maximum Gasteiger partial charge on any atom is 0.321 e. The molecule has 3 amide bonds. The van der Waals surface area contributed by atoms with E-state index >= 15 is 0 Å². The standard InChI is InChI=1S/C23H24N10O3/c24-20-27-21(28-22-26-18(29-33(20)22)17-7-4-14-36-17)32-9-8-16(32)19(34)30-10-12-31(13-11-30)23(35)25-15-5-2-1-3-6-15/h1-7,14,16H,8-13H2,(H,25,35)(H2,24,26,27,28,29)/t16-/m0/s1. The van der Waals surface area contributed by atoms with E-state index in [2.05, 4.69) is 25.4 Å². The third-order valence-electron chi connectivity index (χ3n) is 6.43. The molecule has 36 heavy (non-hydrogen) atoms. The highest BCUT2D eigenvalue weighted by Crippen LogP contribution is 2.27. The van der Waals surface area contributed by atoms with Crippen molar-refractivity contribution in [1.82, 2.24) is 34.4 Å². The highest BCUT2D eigenvalue weighted by atomic mass is 16.3. The van der Waals surface area contributed by atoms with E-state index in [1.54, 1.807) is 21.9 Å². The van der Waals surface area contributed by atoms with Crippen molar-refractivity contribution in [3.63, 3.8) is 0 Å². The van der Waals surface area contributed by atoms with Gasteiger partial charge in [0.1, 0.15) is 6.04 Å². The molecule has 184 valence electrons.